The summed E-state index contributed by atoms with van der Waals surface area (Å²) in [7, 11) is 0. The van der Waals surface area contributed by atoms with Gasteiger partial charge in [-0.3, -0.25) is 4.79 Å². The maximum atomic E-state index is 12.4. The van der Waals surface area contributed by atoms with Gasteiger partial charge in [0, 0.05) is 11.1 Å². The average molecular weight is 258 g/mol. The van der Waals surface area contributed by atoms with E-state index in [2.05, 4.69) is 10.9 Å². The second kappa shape index (κ2) is 4.05. The highest BCUT2D eigenvalue weighted by Crippen LogP contribution is 2.40. The molecule has 3 nitrogen and oxygen atoms in total. The van der Waals surface area contributed by atoms with Gasteiger partial charge in [-0.1, -0.05) is 6.07 Å². The van der Waals surface area contributed by atoms with Crippen LogP contribution in [0.4, 0.5) is 5.69 Å². The maximum Gasteiger partial charge on any atom is 0.193 e. The Morgan fingerprint density at radius 1 is 1.00 bits per heavy atom. The summed E-state index contributed by atoms with van der Waals surface area (Å²) in [5.41, 5.74) is 5.59. The maximum absolute atomic E-state index is 12.4. The number of hydrogen-bond donors (Lipinski definition) is 0. The molecule has 1 aliphatic carbocycles. The van der Waals surface area contributed by atoms with Gasteiger partial charge in [0.15, 0.2) is 11.5 Å². The second-order valence-corrected chi connectivity index (χ2v) is 4.95. The molecular weight excluding hydrogens is 248 g/mol. The SMILES string of the molecule is [C-]#[N+]c1cc2c(cc1C)-c1cc(C)c(C#N)cc1C2=O. The molecule has 3 heteroatoms. The van der Waals surface area contributed by atoms with E-state index in [1.807, 2.05) is 26.0 Å². The van der Waals surface area contributed by atoms with E-state index in [9.17, 15) is 4.79 Å². The van der Waals surface area contributed by atoms with Crippen molar-refractivity contribution in [3.05, 3.63) is 63.5 Å². The predicted molar refractivity (Wildman–Crippen MR) is 75.8 cm³/mol. The van der Waals surface area contributed by atoms with Crippen molar-refractivity contribution in [3.63, 3.8) is 0 Å². The molecule has 0 spiro atoms. The fourth-order valence-corrected chi connectivity index (χ4v) is 2.61. The number of carbonyl (C=O) groups excluding carboxylic acids is 1. The summed E-state index contributed by atoms with van der Waals surface area (Å²) in [6, 6.07) is 9.18. The lowest BCUT2D eigenvalue weighted by atomic mass is 9.98. The Morgan fingerprint density at radius 2 is 1.60 bits per heavy atom. The van der Waals surface area contributed by atoms with Crippen LogP contribution in [0.3, 0.4) is 0 Å². The van der Waals surface area contributed by atoms with Gasteiger partial charge in [0.25, 0.3) is 0 Å². The molecule has 20 heavy (non-hydrogen) atoms. The molecule has 0 aromatic heterocycles. The standard InChI is InChI=1S/C17H10N2O/c1-9-4-12-13-5-10(2)16(19-3)7-15(13)17(20)14(12)6-11(9)8-18/h4-7H,1-2H3. The molecule has 0 aliphatic heterocycles. The number of benzene rings is 2. The van der Waals surface area contributed by atoms with Gasteiger partial charge < -0.3 is 0 Å². The van der Waals surface area contributed by atoms with Crippen LogP contribution in [-0.4, -0.2) is 5.78 Å². The molecule has 2 aromatic carbocycles. The molecule has 0 N–H and O–H groups in total. The zero-order valence-electron chi connectivity index (χ0n) is 11.1. The first-order valence-corrected chi connectivity index (χ1v) is 6.18. The van der Waals surface area contributed by atoms with Crippen LogP contribution in [0.2, 0.25) is 0 Å². The summed E-state index contributed by atoms with van der Waals surface area (Å²) in [6.45, 7) is 10.9. The van der Waals surface area contributed by atoms with E-state index in [0.717, 1.165) is 22.3 Å². The fraction of sp³-hybridized carbons (Fsp3) is 0.118. The molecule has 0 radical (unpaired) electrons. The lowest BCUT2D eigenvalue weighted by Gasteiger charge is -2.05. The van der Waals surface area contributed by atoms with E-state index in [0.29, 0.717) is 22.4 Å². The van der Waals surface area contributed by atoms with Gasteiger partial charge in [-0.05, 0) is 54.3 Å². The van der Waals surface area contributed by atoms with E-state index in [1.54, 1.807) is 12.1 Å². The average Bonchev–Trinajstić information content (AvgIpc) is 2.69. The molecule has 0 saturated heterocycles. The van der Waals surface area contributed by atoms with Crippen LogP contribution in [0.5, 0.6) is 0 Å². The number of aryl methyl sites for hydroxylation is 2. The molecule has 0 atom stereocenters. The van der Waals surface area contributed by atoms with E-state index < -0.39 is 0 Å². The summed E-state index contributed by atoms with van der Waals surface area (Å²) in [4.78, 5) is 15.9. The Bertz CT molecular complexity index is 793. The Morgan fingerprint density at radius 3 is 2.20 bits per heavy atom. The second-order valence-electron chi connectivity index (χ2n) is 4.95. The highest BCUT2D eigenvalue weighted by molar-refractivity contribution is 6.22. The van der Waals surface area contributed by atoms with Crippen molar-refractivity contribution in [1.82, 2.24) is 0 Å². The van der Waals surface area contributed by atoms with E-state index >= 15 is 0 Å². The molecule has 0 amide bonds. The third-order valence-corrected chi connectivity index (χ3v) is 3.72. The van der Waals surface area contributed by atoms with E-state index in [1.165, 1.54) is 0 Å². The van der Waals surface area contributed by atoms with Gasteiger partial charge >= 0.3 is 0 Å². The van der Waals surface area contributed by atoms with Crippen LogP contribution >= 0.6 is 0 Å². The fourth-order valence-electron chi connectivity index (χ4n) is 2.61. The molecule has 0 heterocycles. The van der Waals surface area contributed by atoms with Crippen molar-refractivity contribution in [2.75, 3.05) is 0 Å². The molecular formula is C17H10N2O. The topological polar surface area (TPSA) is 45.2 Å². The summed E-state index contributed by atoms with van der Waals surface area (Å²) < 4.78 is 0. The molecule has 0 unspecified atom stereocenters. The minimum Gasteiger partial charge on any atom is -0.289 e. The first kappa shape index (κ1) is 12.1. The number of fused-ring (bicyclic) bond motifs is 3. The van der Waals surface area contributed by atoms with Crippen molar-refractivity contribution in [3.8, 4) is 17.2 Å². The van der Waals surface area contributed by atoms with Gasteiger partial charge in [-0.25, -0.2) is 4.85 Å². The van der Waals surface area contributed by atoms with Crippen LogP contribution < -0.4 is 0 Å². The predicted octanol–water partition coefficient (Wildman–Crippen LogP) is 3.94. The Hall–Kier alpha value is -2.91. The van der Waals surface area contributed by atoms with E-state index in [-0.39, 0.29) is 5.78 Å². The summed E-state index contributed by atoms with van der Waals surface area (Å²) in [5, 5.41) is 9.08. The summed E-state index contributed by atoms with van der Waals surface area (Å²) >= 11 is 0. The van der Waals surface area contributed by atoms with Gasteiger partial charge in [-0.15, -0.1) is 0 Å². The Labute approximate surface area is 116 Å². The van der Waals surface area contributed by atoms with Crippen LogP contribution in [0.25, 0.3) is 16.0 Å². The molecule has 3 rings (SSSR count). The molecule has 0 fully saturated rings. The van der Waals surface area contributed by atoms with Crippen molar-refractivity contribution in [2.24, 2.45) is 0 Å². The molecule has 2 aromatic rings. The first-order chi connectivity index (χ1) is 9.56. The number of nitriles is 1. The lowest BCUT2D eigenvalue weighted by molar-refractivity contribution is 0.104. The molecule has 94 valence electrons. The number of ketones is 1. The highest BCUT2D eigenvalue weighted by Gasteiger charge is 2.28. The van der Waals surface area contributed by atoms with E-state index in [4.69, 9.17) is 11.8 Å². The van der Waals surface area contributed by atoms with Gasteiger partial charge in [0.1, 0.15) is 0 Å². The third-order valence-electron chi connectivity index (χ3n) is 3.72. The quantitative estimate of drug-likeness (QED) is 0.573. The minimum atomic E-state index is -0.101. The molecule has 1 aliphatic rings. The molecule has 0 saturated carbocycles. The van der Waals surface area contributed by atoms with Crippen molar-refractivity contribution >= 4 is 11.5 Å². The Balaban J connectivity index is 2.35. The summed E-state index contributed by atoms with van der Waals surface area (Å²) in [5.74, 6) is -0.101. The van der Waals surface area contributed by atoms with Gasteiger partial charge in [-0.2, -0.15) is 5.26 Å². The normalized spacial score (nSPS) is 11.5. The van der Waals surface area contributed by atoms with Crippen molar-refractivity contribution in [1.29, 1.82) is 5.26 Å². The van der Waals surface area contributed by atoms with Gasteiger partial charge in [0.05, 0.1) is 18.2 Å². The zero-order chi connectivity index (χ0) is 14.4. The highest BCUT2D eigenvalue weighted by atomic mass is 16.1. The minimum absolute atomic E-state index is 0.101. The largest absolute Gasteiger partial charge is 0.289 e. The smallest absolute Gasteiger partial charge is 0.193 e. The number of nitrogens with zero attached hydrogens (tertiary/aromatic N) is 2. The van der Waals surface area contributed by atoms with Gasteiger partial charge in [0.2, 0.25) is 0 Å². The number of carbonyl (C=O) groups is 1. The number of rotatable bonds is 0. The van der Waals surface area contributed by atoms with Crippen LogP contribution in [0.15, 0.2) is 24.3 Å². The monoisotopic (exact) mass is 258 g/mol. The molecule has 0 bridgehead atoms. The number of hydrogen-bond acceptors (Lipinski definition) is 2. The zero-order valence-corrected chi connectivity index (χ0v) is 11.1. The third kappa shape index (κ3) is 1.47. The van der Waals surface area contributed by atoms with Crippen molar-refractivity contribution in [2.45, 2.75) is 13.8 Å². The van der Waals surface area contributed by atoms with Crippen LogP contribution in [0.1, 0.15) is 32.6 Å². The summed E-state index contributed by atoms with van der Waals surface area (Å²) in [6.07, 6.45) is 0. The first-order valence-electron chi connectivity index (χ1n) is 6.18. The van der Waals surface area contributed by atoms with Crippen molar-refractivity contribution < 1.29 is 4.79 Å². The lowest BCUT2D eigenvalue weighted by Crippen LogP contribution is -1.96. The van der Waals surface area contributed by atoms with Crippen LogP contribution in [-0.2, 0) is 0 Å². The van der Waals surface area contributed by atoms with Crippen LogP contribution in [0, 0.1) is 31.8 Å². The Kier molecular flexibility index (Phi) is 2.46.